The summed E-state index contributed by atoms with van der Waals surface area (Å²) in [5.74, 6) is -9.68. The molecule has 0 saturated heterocycles. The molecule has 0 aliphatic heterocycles. The van der Waals surface area contributed by atoms with Crippen LogP contribution in [0, 0.1) is 5.41 Å². The number of aliphatic hydroxyl groups is 1. The quantitative estimate of drug-likeness (QED) is 0.699. The van der Waals surface area contributed by atoms with Gasteiger partial charge in [-0.1, -0.05) is 13.8 Å². The monoisotopic (exact) mass is 312 g/mol. The fraction of sp³-hybridized carbons (Fsp3) is 1.00. The molecule has 0 atom stereocenters. The molecule has 122 valence electrons. The highest BCUT2D eigenvalue weighted by Crippen LogP contribution is 2.50. The molecule has 0 heterocycles. The van der Waals surface area contributed by atoms with E-state index in [-0.39, 0.29) is 6.42 Å². The van der Waals surface area contributed by atoms with Crippen LogP contribution in [-0.2, 0) is 0 Å². The third-order valence-corrected chi connectivity index (χ3v) is 3.21. The summed E-state index contributed by atoms with van der Waals surface area (Å²) < 4.78 is 89.0. The van der Waals surface area contributed by atoms with E-state index in [2.05, 4.69) is 0 Å². The fourth-order valence-corrected chi connectivity index (χ4v) is 1.42. The maximum absolute atomic E-state index is 13.7. The van der Waals surface area contributed by atoms with Crippen LogP contribution in [0.1, 0.15) is 47.0 Å². The van der Waals surface area contributed by atoms with Gasteiger partial charge in [-0.25, -0.2) is 8.78 Å². The average Bonchev–Trinajstić information content (AvgIpc) is 2.09. The lowest BCUT2D eigenvalue weighted by atomic mass is 9.76. The largest absolute Gasteiger partial charge is 0.453 e. The van der Waals surface area contributed by atoms with Crippen molar-refractivity contribution in [1.82, 2.24) is 0 Å². The Morgan fingerprint density at radius 2 is 1.10 bits per heavy atom. The van der Waals surface area contributed by atoms with Crippen LogP contribution >= 0.6 is 0 Å². The summed E-state index contributed by atoms with van der Waals surface area (Å²) in [4.78, 5) is 0. The Labute approximate surface area is 113 Å². The van der Waals surface area contributed by atoms with Crippen LogP contribution in [-0.4, -0.2) is 28.7 Å². The molecule has 0 aliphatic rings. The van der Waals surface area contributed by atoms with Gasteiger partial charge in [0.1, 0.15) is 0 Å². The molecule has 0 saturated carbocycles. The fourth-order valence-electron chi connectivity index (χ4n) is 1.42. The Balaban J connectivity index is 5.03. The molecule has 0 aromatic heterocycles. The van der Waals surface area contributed by atoms with Gasteiger partial charge in [-0.15, -0.1) is 0 Å². The summed E-state index contributed by atoms with van der Waals surface area (Å²) in [6.45, 7) is 4.49. The van der Waals surface area contributed by atoms with Crippen LogP contribution < -0.4 is 0 Å². The van der Waals surface area contributed by atoms with Crippen molar-refractivity contribution in [3.8, 4) is 0 Å². The number of hydrogen-bond acceptors (Lipinski definition) is 1. The molecule has 0 amide bonds. The number of rotatable bonds is 6. The predicted molar refractivity (Wildman–Crippen MR) is 59.9 cm³/mol. The van der Waals surface area contributed by atoms with E-state index in [0.29, 0.717) is 0 Å². The first-order chi connectivity index (χ1) is 8.41. The first-order valence-electron chi connectivity index (χ1n) is 5.96. The van der Waals surface area contributed by atoms with Gasteiger partial charge in [0.25, 0.3) is 5.92 Å². The minimum absolute atomic E-state index is 0.146. The molecule has 0 unspecified atom stereocenters. The van der Waals surface area contributed by atoms with Gasteiger partial charge in [0.05, 0.1) is 12.0 Å². The molecule has 1 nitrogen and oxygen atoms in total. The van der Waals surface area contributed by atoms with Gasteiger partial charge in [0.2, 0.25) is 0 Å². The second kappa shape index (κ2) is 5.35. The predicted octanol–water partition coefficient (Wildman–Crippen LogP) is 4.79. The van der Waals surface area contributed by atoms with Crippen molar-refractivity contribution in [2.75, 3.05) is 0 Å². The van der Waals surface area contributed by atoms with Crippen LogP contribution in [0.5, 0.6) is 0 Å². The van der Waals surface area contributed by atoms with Crippen molar-refractivity contribution in [3.63, 3.8) is 0 Å². The minimum atomic E-state index is -6.01. The van der Waals surface area contributed by atoms with Crippen molar-refractivity contribution in [1.29, 1.82) is 0 Å². The standard InChI is InChI=1S/C12H19F7O/c1-8(2,5-6-9(3,4)20)10(13,14)7-11(15,16)12(17,18)19/h20H,5-7H2,1-4H3. The Bertz CT molecular complexity index is 326. The van der Waals surface area contributed by atoms with E-state index >= 15 is 0 Å². The van der Waals surface area contributed by atoms with Crippen LogP contribution in [0.3, 0.4) is 0 Å². The second-order valence-electron chi connectivity index (χ2n) is 6.28. The van der Waals surface area contributed by atoms with E-state index in [0.717, 1.165) is 13.8 Å². The zero-order chi connectivity index (χ0) is 16.6. The van der Waals surface area contributed by atoms with Crippen LogP contribution in [0.15, 0.2) is 0 Å². The van der Waals surface area contributed by atoms with Gasteiger partial charge in [-0.05, 0) is 26.7 Å². The molecule has 0 radical (unpaired) electrons. The van der Waals surface area contributed by atoms with E-state index in [1.807, 2.05) is 0 Å². The highest BCUT2D eigenvalue weighted by atomic mass is 19.4. The lowest BCUT2D eigenvalue weighted by Gasteiger charge is -2.37. The summed E-state index contributed by atoms with van der Waals surface area (Å²) >= 11 is 0. The minimum Gasteiger partial charge on any atom is -0.390 e. The molecular formula is C12H19F7O. The first kappa shape index (κ1) is 19.5. The third-order valence-electron chi connectivity index (χ3n) is 3.21. The highest BCUT2D eigenvalue weighted by molar-refractivity contribution is 4.93. The zero-order valence-electron chi connectivity index (χ0n) is 11.7. The lowest BCUT2D eigenvalue weighted by molar-refractivity contribution is -0.309. The van der Waals surface area contributed by atoms with Crippen LogP contribution in [0.25, 0.3) is 0 Å². The van der Waals surface area contributed by atoms with Gasteiger partial charge in [0, 0.05) is 5.41 Å². The maximum atomic E-state index is 13.7. The summed E-state index contributed by atoms with van der Waals surface area (Å²) in [6, 6.07) is 0. The molecule has 0 aromatic rings. The Morgan fingerprint density at radius 1 is 0.700 bits per heavy atom. The van der Waals surface area contributed by atoms with E-state index in [9.17, 15) is 35.8 Å². The van der Waals surface area contributed by atoms with Crippen molar-refractivity contribution in [2.45, 2.75) is 70.6 Å². The molecular weight excluding hydrogens is 293 g/mol. The van der Waals surface area contributed by atoms with Gasteiger partial charge < -0.3 is 5.11 Å². The molecule has 1 N–H and O–H groups in total. The van der Waals surface area contributed by atoms with E-state index in [1.54, 1.807) is 0 Å². The molecule has 0 aromatic carbocycles. The summed E-state index contributed by atoms with van der Waals surface area (Å²) in [5, 5.41) is 9.44. The Morgan fingerprint density at radius 3 is 1.40 bits per heavy atom. The second-order valence-corrected chi connectivity index (χ2v) is 6.28. The van der Waals surface area contributed by atoms with Gasteiger partial charge in [0.15, 0.2) is 0 Å². The van der Waals surface area contributed by atoms with Gasteiger partial charge in [-0.3, -0.25) is 0 Å². The van der Waals surface area contributed by atoms with Gasteiger partial charge in [-0.2, -0.15) is 22.0 Å². The molecule has 8 heteroatoms. The van der Waals surface area contributed by atoms with Crippen molar-refractivity contribution >= 4 is 0 Å². The topological polar surface area (TPSA) is 20.2 Å². The summed E-state index contributed by atoms with van der Waals surface area (Å²) in [7, 11) is 0. The maximum Gasteiger partial charge on any atom is 0.453 e. The van der Waals surface area contributed by atoms with Crippen LogP contribution in [0.2, 0.25) is 0 Å². The summed E-state index contributed by atoms with van der Waals surface area (Å²) in [6.07, 6.45) is -9.14. The molecule has 0 bridgehead atoms. The average molecular weight is 312 g/mol. The Kier molecular flexibility index (Phi) is 5.21. The number of hydrogen-bond donors (Lipinski definition) is 1. The number of alkyl halides is 7. The summed E-state index contributed by atoms with van der Waals surface area (Å²) in [5.41, 5.74) is -3.40. The molecule has 20 heavy (non-hydrogen) atoms. The normalized spacial score (nSPS) is 15.6. The van der Waals surface area contributed by atoms with E-state index in [4.69, 9.17) is 0 Å². The van der Waals surface area contributed by atoms with Gasteiger partial charge >= 0.3 is 12.1 Å². The SMILES string of the molecule is CC(C)(O)CCC(C)(C)C(F)(F)CC(F)(F)C(F)(F)F. The van der Waals surface area contributed by atoms with Crippen molar-refractivity contribution < 1.29 is 35.8 Å². The molecule has 0 fully saturated rings. The molecule has 0 rings (SSSR count). The van der Waals surface area contributed by atoms with E-state index in [1.165, 1.54) is 13.8 Å². The van der Waals surface area contributed by atoms with Crippen molar-refractivity contribution in [2.24, 2.45) is 5.41 Å². The Hall–Kier alpha value is -0.530. The molecule has 0 aliphatic carbocycles. The molecule has 0 spiro atoms. The highest BCUT2D eigenvalue weighted by Gasteiger charge is 2.64. The van der Waals surface area contributed by atoms with Crippen LogP contribution in [0.4, 0.5) is 30.7 Å². The van der Waals surface area contributed by atoms with Crippen molar-refractivity contribution in [3.05, 3.63) is 0 Å². The number of halogens is 7. The zero-order valence-corrected chi connectivity index (χ0v) is 11.7. The lowest BCUT2D eigenvalue weighted by Crippen LogP contribution is -2.47. The first-order valence-corrected chi connectivity index (χ1v) is 5.96. The van der Waals surface area contributed by atoms with E-state index < -0.39 is 41.9 Å². The third kappa shape index (κ3) is 5.10. The smallest absolute Gasteiger partial charge is 0.390 e.